The van der Waals surface area contributed by atoms with Gasteiger partial charge in [0.25, 0.3) is 11.8 Å². The lowest BCUT2D eigenvalue weighted by molar-refractivity contribution is -0.137. The van der Waals surface area contributed by atoms with Gasteiger partial charge in [-0.05, 0) is 91.6 Å². The number of benzene rings is 3. The molecule has 3 aromatic carbocycles. The molecule has 0 radical (unpaired) electrons. The number of nitrogens with zero attached hydrogens (tertiary/aromatic N) is 2. The molecule has 1 heterocycles. The van der Waals surface area contributed by atoms with E-state index >= 15 is 0 Å². The van der Waals surface area contributed by atoms with E-state index in [0.717, 1.165) is 36.1 Å². The molecule has 3 aromatic rings. The highest BCUT2D eigenvalue weighted by Crippen LogP contribution is 2.48. The fourth-order valence-electron chi connectivity index (χ4n) is 6.69. The predicted molar refractivity (Wildman–Crippen MR) is 165 cm³/mol. The van der Waals surface area contributed by atoms with E-state index in [1.807, 2.05) is 71.6 Å². The van der Waals surface area contributed by atoms with Crippen LogP contribution in [-0.2, 0) is 9.59 Å². The maximum absolute atomic E-state index is 14.3. The molecular formula is C35H39N3O5. The number of carbonyl (C=O) groups is 3. The first-order valence-electron chi connectivity index (χ1n) is 15.1. The summed E-state index contributed by atoms with van der Waals surface area (Å²) < 4.78 is 5.96. The molecule has 8 heteroatoms. The van der Waals surface area contributed by atoms with Crippen LogP contribution in [0.5, 0.6) is 11.5 Å². The minimum Gasteiger partial charge on any atom is -0.481 e. The lowest BCUT2D eigenvalue weighted by Crippen LogP contribution is -2.52. The highest BCUT2D eigenvalue weighted by molar-refractivity contribution is 6.46. The number of para-hydroxylation sites is 1. The Labute approximate surface area is 252 Å². The van der Waals surface area contributed by atoms with Crippen LogP contribution < -0.4 is 10.1 Å². The normalized spacial score (nSPS) is 22.3. The number of carboxylic acids is 1. The van der Waals surface area contributed by atoms with Crippen molar-refractivity contribution in [3.8, 4) is 11.5 Å². The Hall–Kier alpha value is -4.46. The highest BCUT2D eigenvalue weighted by Gasteiger charge is 2.52. The van der Waals surface area contributed by atoms with Gasteiger partial charge in [-0.25, -0.2) is 0 Å². The number of aliphatic carboxylic acids is 1. The van der Waals surface area contributed by atoms with Crippen LogP contribution in [0, 0.1) is 11.8 Å². The van der Waals surface area contributed by atoms with Crippen molar-refractivity contribution < 1.29 is 24.2 Å². The van der Waals surface area contributed by atoms with Crippen LogP contribution >= 0.6 is 0 Å². The summed E-state index contributed by atoms with van der Waals surface area (Å²) in [4.78, 5) is 44.9. The van der Waals surface area contributed by atoms with Gasteiger partial charge in [-0.3, -0.25) is 19.4 Å². The van der Waals surface area contributed by atoms with Crippen molar-refractivity contribution in [1.82, 2.24) is 10.2 Å². The average Bonchev–Trinajstić information content (AvgIpc) is 3.24. The van der Waals surface area contributed by atoms with Gasteiger partial charge in [0.1, 0.15) is 22.9 Å². The number of carboxylic acid groups (broad SMARTS) is 1. The Morgan fingerprint density at radius 2 is 1.60 bits per heavy atom. The van der Waals surface area contributed by atoms with E-state index in [-0.39, 0.29) is 30.8 Å². The maximum Gasteiger partial charge on any atom is 0.305 e. The summed E-state index contributed by atoms with van der Waals surface area (Å²) in [6.07, 6.45) is 3.24. The molecule has 1 aliphatic heterocycles. The van der Waals surface area contributed by atoms with Crippen LogP contribution in [0.2, 0.25) is 0 Å². The number of aliphatic imine (C=N–C) groups is 1. The van der Waals surface area contributed by atoms with Crippen molar-refractivity contribution in [3.63, 3.8) is 0 Å². The Balaban J connectivity index is 1.42. The summed E-state index contributed by atoms with van der Waals surface area (Å²) in [5, 5.41) is 11.5. The molecule has 0 aromatic heterocycles. The largest absolute Gasteiger partial charge is 0.481 e. The van der Waals surface area contributed by atoms with Gasteiger partial charge in [-0.15, -0.1) is 0 Å². The van der Waals surface area contributed by atoms with Gasteiger partial charge < -0.3 is 20.1 Å². The average molecular weight is 582 g/mol. The quantitative estimate of drug-likeness (QED) is 0.280. The van der Waals surface area contributed by atoms with Gasteiger partial charge in [-0.1, -0.05) is 51.1 Å². The molecule has 2 aliphatic rings. The third-order valence-electron chi connectivity index (χ3n) is 8.33. The zero-order valence-corrected chi connectivity index (χ0v) is 25.0. The lowest BCUT2D eigenvalue weighted by Gasteiger charge is -2.47. The Morgan fingerprint density at radius 3 is 2.21 bits per heavy atom. The first-order chi connectivity index (χ1) is 20.7. The van der Waals surface area contributed by atoms with Crippen molar-refractivity contribution in [2.45, 2.75) is 64.6 Å². The minimum atomic E-state index is -0.963. The molecule has 5 rings (SSSR count). The summed E-state index contributed by atoms with van der Waals surface area (Å²) in [5.74, 6) is 0.891. The molecule has 0 saturated heterocycles. The molecule has 3 unspecified atom stereocenters. The second-order valence-electron chi connectivity index (χ2n) is 11.9. The third-order valence-corrected chi connectivity index (χ3v) is 8.33. The zero-order valence-electron chi connectivity index (χ0n) is 25.0. The van der Waals surface area contributed by atoms with Crippen molar-refractivity contribution >= 4 is 23.5 Å². The van der Waals surface area contributed by atoms with Gasteiger partial charge in [-0.2, -0.15) is 0 Å². The van der Waals surface area contributed by atoms with E-state index in [1.54, 1.807) is 12.1 Å². The molecule has 2 N–H and O–H groups in total. The monoisotopic (exact) mass is 581 g/mol. The Bertz CT molecular complexity index is 1470. The summed E-state index contributed by atoms with van der Waals surface area (Å²) >= 11 is 0. The second kappa shape index (κ2) is 12.8. The summed E-state index contributed by atoms with van der Waals surface area (Å²) in [7, 11) is 0. The van der Waals surface area contributed by atoms with Gasteiger partial charge in [0.15, 0.2) is 0 Å². The summed E-state index contributed by atoms with van der Waals surface area (Å²) in [5.41, 5.74) is 1.98. The fraction of sp³-hybridized carbons (Fsp3) is 0.371. The van der Waals surface area contributed by atoms with Crippen molar-refractivity contribution in [2.24, 2.45) is 16.8 Å². The highest BCUT2D eigenvalue weighted by atomic mass is 16.5. The molecular weight excluding hydrogens is 542 g/mol. The van der Waals surface area contributed by atoms with Crippen molar-refractivity contribution in [2.75, 3.05) is 6.54 Å². The molecule has 3 atom stereocenters. The molecule has 1 saturated carbocycles. The van der Waals surface area contributed by atoms with E-state index < -0.39 is 11.6 Å². The van der Waals surface area contributed by atoms with Crippen molar-refractivity contribution in [3.05, 3.63) is 95.6 Å². The zero-order chi connectivity index (χ0) is 30.6. The molecule has 8 nitrogen and oxygen atoms in total. The fourth-order valence-corrected chi connectivity index (χ4v) is 6.69. The number of hydrogen-bond donors (Lipinski definition) is 2. The lowest BCUT2D eigenvalue weighted by atomic mass is 9.75. The van der Waals surface area contributed by atoms with Crippen LogP contribution in [0.3, 0.4) is 0 Å². The number of carbonyl (C=O) groups excluding carboxylic acids is 2. The number of amides is 2. The Kier molecular flexibility index (Phi) is 8.94. The first-order valence-corrected chi connectivity index (χ1v) is 15.1. The topological polar surface area (TPSA) is 108 Å². The standard InChI is InChI=1S/C35H39N3O5/c1-4-30(25-10-12-27(13-11-25)33(41)36-19-18-31(39)40)38-34(42)32(37-35(38)21-23(2)20-24(3)22-35)26-14-16-29(17-15-26)43-28-8-6-5-7-9-28/h5-17,23-24,30H,4,18-22H2,1-3H3,(H,36,41)(H,39,40). The molecule has 1 aliphatic carbocycles. The van der Waals surface area contributed by atoms with Crippen LogP contribution in [0.4, 0.5) is 0 Å². The molecule has 1 fully saturated rings. The number of rotatable bonds is 10. The van der Waals surface area contributed by atoms with E-state index in [9.17, 15) is 14.4 Å². The van der Waals surface area contributed by atoms with E-state index in [2.05, 4.69) is 26.1 Å². The predicted octanol–water partition coefficient (Wildman–Crippen LogP) is 6.62. The summed E-state index contributed by atoms with van der Waals surface area (Å²) in [6, 6.07) is 24.2. The molecule has 1 spiro atoms. The van der Waals surface area contributed by atoms with Crippen LogP contribution in [0.25, 0.3) is 0 Å². The van der Waals surface area contributed by atoms with E-state index in [0.29, 0.717) is 35.3 Å². The van der Waals surface area contributed by atoms with Crippen LogP contribution in [-0.4, -0.2) is 45.7 Å². The van der Waals surface area contributed by atoms with E-state index in [1.165, 1.54) is 0 Å². The van der Waals surface area contributed by atoms with Crippen molar-refractivity contribution in [1.29, 1.82) is 0 Å². The minimum absolute atomic E-state index is 0.0636. The van der Waals surface area contributed by atoms with Gasteiger partial charge >= 0.3 is 5.97 Å². The summed E-state index contributed by atoms with van der Waals surface area (Å²) in [6.45, 7) is 6.61. The maximum atomic E-state index is 14.3. The van der Waals surface area contributed by atoms with Crippen LogP contribution in [0.15, 0.2) is 83.9 Å². The number of ether oxygens (including phenoxy) is 1. The number of hydrogen-bond acceptors (Lipinski definition) is 5. The molecule has 2 amide bonds. The first kappa shape index (κ1) is 30.0. The van der Waals surface area contributed by atoms with Crippen LogP contribution in [0.1, 0.15) is 80.4 Å². The Morgan fingerprint density at radius 1 is 0.977 bits per heavy atom. The van der Waals surface area contributed by atoms with Gasteiger partial charge in [0, 0.05) is 17.7 Å². The smallest absolute Gasteiger partial charge is 0.305 e. The molecule has 0 bridgehead atoms. The third kappa shape index (κ3) is 6.63. The SMILES string of the molecule is CCC(c1ccc(C(=O)NCCC(=O)O)cc1)N1C(=O)C(c2ccc(Oc3ccccc3)cc2)=NC12CC(C)CC(C)C2. The van der Waals surface area contributed by atoms with Gasteiger partial charge in [0.2, 0.25) is 0 Å². The molecule has 43 heavy (non-hydrogen) atoms. The van der Waals surface area contributed by atoms with E-state index in [4.69, 9.17) is 14.8 Å². The molecule has 224 valence electrons. The second-order valence-corrected chi connectivity index (χ2v) is 11.9. The number of nitrogens with one attached hydrogen (secondary N) is 1. The van der Waals surface area contributed by atoms with Gasteiger partial charge in [0.05, 0.1) is 12.5 Å².